The lowest BCUT2D eigenvalue weighted by Gasteiger charge is -2.14. The van der Waals surface area contributed by atoms with Crippen LogP contribution in [-0.2, 0) is 103 Å². The highest BCUT2D eigenvalue weighted by atomic mass is 14.2. The smallest absolute Gasteiger partial charge is 0.0149 e. The van der Waals surface area contributed by atoms with Gasteiger partial charge in [-0.2, -0.15) is 0 Å². The van der Waals surface area contributed by atoms with E-state index in [0.29, 0.717) is 0 Å². The van der Waals surface area contributed by atoms with Gasteiger partial charge in [-0.3, -0.25) is 0 Å². The number of hydrogen-bond acceptors (Lipinski definition) is 0. The van der Waals surface area contributed by atoms with E-state index in [1.54, 1.807) is 0 Å². The van der Waals surface area contributed by atoms with Gasteiger partial charge in [-0.05, 0) is 350 Å². The average molecular weight is 1440 g/mol. The van der Waals surface area contributed by atoms with E-state index < -0.39 is 0 Å². The van der Waals surface area contributed by atoms with Gasteiger partial charge in [0, 0.05) is 0 Å². The lowest BCUT2D eigenvalue weighted by atomic mass is 9.91. The van der Waals surface area contributed by atoms with Gasteiger partial charge in [-0.1, -0.05) is 317 Å². The van der Waals surface area contributed by atoms with Crippen molar-refractivity contribution in [2.24, 2.45) is 0 Å². The third-order valence-electron chi connectivity index (χ3n) is 22.0. The van der Waals surface area contributed by atoms with Crippen LogP contribution in [0, 0.1) is 69.2 Å². The predicted molar refractivity (Wildman–Crippen MR) is 485 cm³/mol. The van der Waals surface area contributed by atoms with Crippen molar-refractivity contribution in [1.82, 2.24) is 0 Å². The molecule has 0 amide bonds. The summed E-state index contributed by atoms with van der Waals surface area (Å²) in [6.45, 7) is 57.5. The fourth-order valence-electron chi connectivity index (χ4n) is 14.8. The molecule has 0 atom stereocenters. The molecule has 0 spiro atoms. The lowest BCUT2D eigenvalue weighted by Crippen LogP contribution is -1.96. The summed E-state index contributed by atoms with van der Waals surface area (Å²) in [6, 6.07) is 75.8. The first-order valence-corrected chi connectivity index (χ1v) is 41.9. The van der Waals surface area contributed by atoms with Crippen molar-refractivity contribution in [2.45, 2.75) is 283 Å². The van der Waals surface area contributed by atoms with Gasteiger partial charge < -0.3 is 0 Å². The number of benzene rings is 11. The Morgan fingerprint density at radius 1 is 0.157 bits per heavy atom. The summed E-state index contributed by atoms with van der Waals surface area (Å²) >= 11 is 0. The largest absolute Gasteiger partial charge is 0.0620 e. The molecule has 0 heteroatoms. The molecule has 0 nitrogen and oxygen atoms in total. The SMILES string of the molecule is CCc1c(C)cc(-c2cc(C)c(CC)c(C)c2)cc1C.CCc1cc(C)c(CC)cc1C.CCc1cc(CC)c(C)cc1C.CCc1ccc(-c2ccc(CC)cc2)cc1.CCc1ccc(C)c(CC)c1C.CCc1ccc(CC)cc1.CCc1cccc(CC)c1.CCc1ccccc1-c1ccccc1CC. The molecule has 0 aliphatic carbocycles. The fourth-order valence-corrected chi connectivity index (χ4v) is 14.8. The van der Waals surface area contributed by atoms with E-state index in [1.165, 1.54) is 178 Å². The Labute approximate surface area is 662 Å². The highest BCUT2D eigenvalue weighted by Gasteiger charge is 2.11. The van der Waals surface area contributed by atoms with Crippen molar-refractivity contribution >= 4 is 0 Å². The van der Waals surface area contributed by atoms with Crippen molar-refractivity contribution in [2.75, 3.05) is 0 Å². The van der Waals surface area contributed by atoms with Gasteiger partial charge in [-0.25, -0.2) is 0 Å². The molecular formula is C108H144. The molecule has 0 saturated carbocycles. The summed E-state index contributed by atoms with van der Waals surface area (Å²) in [7, 11) is 0. The van der Waals surface area contributed by atoms with Crippen LogP contribution in [0.2, 0.25) is 0 Å². The maximum atomic E-state index is 2.35. The van der Waals surface area contributed by atoms with Gasteiger partial charge in [-0.15, -0.1) is 0 Å². The molecule has 0 bridgehead atoms. The molecule has 11 aromatic rings. The minimum Gasteiger partial charge on any atom is -0.0620 e. The monoisotopic (exact) mass is 1440 g/mol. The van der Waals surface area contributed by atoms with Crippen LogP contribution in [0.25, 0.3) is 33.4 Å². The first-order chi connectivity index (χ1) is 52.0. The molecule has 0 N–H and O–H groups in total. The topological polar surface area (TPSA) is 0 Å². The molecular weight excluding hydrogens is 1300 g/mol. The van der Waals surface area contributed by atoms with E-state index in [0.717, 1.165) is 103 Å². The molecule has 0 saturated heterocycles. The second kappa shape index (κ2) is 49.5. The van der Waals surface area contributed by atoms with Gasteiger partial charge in [0.25, 0.3) is 0 Å². The lowest BCUT2D eigenvalue weighted by molar-refractivity contribution is 1.03. The number of rotatable bonds is 19. The Kier molecular flexibility index (Phi) is 42.0. The first-order valence-electron chi connectivity index (χ1n) is 41.9. The summed E-state index contributed by atoms with van der Waals surface area (Å²) < 4.78 is 0. The molecule has 0 aliphatic heterocycles. The highest BCUT2D eigenvalue weighted by Crippen LogP contribution is 2.31. The molecule has 0 radical (unpaired) electrons. The Morgan fingerprint density at radius 3 is 0.741 bits per heavy atom. The van der Waals surface area contributed by atoms with Gasteiger partial charge in [0.1, 0.15) is 0 Å². The van der Waals surface area contributed by atoms with Crippen molar-refractivity contribution in [1.29, 1.82) is 0 Å². The van der Waals surface area contributed by atoms with Crippen LogP contribution >= 0.6 is 0 Å². The molecule has 11 rings (SSSR count). The van der Waals surface area contributed by atoms with E-state index in [-0.39, 0.29) is 0 Å². The van der Waals surface area contributed by atoms with Gasteiger partial charge in [0.15, 0.2) is 0 Å². The normalized spacial score (nSPS) is 10.4. The van der Waals surface area contributed by atoms with Crippen molar-refractivity contribution < 1.29 is 0 Å². The Hall–Kier alpha value is -8.58. The quantitative estimate of drug-likeness (QED) is 0.0757. The van der Waals surface area contributed by atoms with Crippen LogP contribution in [0.1, 0.15) is 255 Å². The molecule has 576 valence electrons. The second-order valence-electron chi connectivity index (χ2n) is 29.2. The second-order valence-corrected chi connectivity index (χ2v) is 29.2. The summed E-state index contributed by atoms with van der Waals surface area (Å²) in [5.74, 6) is 0. The Morgan fingerprint density at radius 2 is 0.444 bits per heavy atom. The minimum atomic E-state index is 1.09. The van der Waals surface area contributed by atoms with Crippen LogP contribution in [-0.4, -0.2) is 0 Å². The fraction of sp³-hybridized carbons (Fsp3) is 0.389. The van der Waals surface area contributed by atoms with Crippen molar-refractivity contribution in [3.05, 3.63) is 351 Å². The predicted octanol–water partition coefficient (Wildman–Crippen LogP) is 30.6. The highest BCUT2D eigenvalue weighted by molar-refractivity contribution is 5.71. The molecule has 0 unspecified atom stereocenters. The zero-order chi connectivity index (χ0) is 79.8. The third-order valence-corrected chi connectivity index (χ3v) is 22.0. The van der Waals surface area contributed by atoms with Crippen LogP contribution in [0.3, 0.4) is 0 Å². The summed E-state index contributed by atoms with van der Waals surface area (Å²) in [4.78, 5) is 0. The van der Waals surface area contributed by atoms with Gasteiger partial charge >= 0.3 is 0 Å². The standard InChI is InChI=1S/C20H26.2C16H18.3C12H18.2C10H14/c1-7-19-13(3)9-17(10-14(19)4)18-11-15(5)20(8-2)16(6)12-18;1-3-13-5-9-15(10-6-13)16-11-7-14(4-2)8-12-16;1-3-13-9-5-7-11-15(13)16-12-8-6-10-14(16)4-2;1-5-11-7-10(4)12(6-2)8-9(11)3;1-5-11-8-12(6-2)10(4)7-9(11)3;1-5-11-8-7-9(3)12(6-2)10(11)4;1-3-9-5-7-10(4-2)8-6-9;1-3-9-6-5-7-10(4-2)8-9/h9-12H,7-8H2,1-6H3;2*5-12H,3-4H2,1-2H3;3*7-8H,5-6H2,1-4H3;2*5-8H,3-4H2,1-2H3. The van der Waals surface area contributed by atoms with Crippen LogP contribution < -0.4 is 0 Å². The van der Waals surface area contributed by atoms with Crippen LogP contribution in [0.15, 0.2) is 206 Å². The number of aryl methyl sites for hydroxylation is 22. The number of hydrogen-bond donors (Lipinski definition) is 0. The molecule has 0 fully saturated rings. The maximum absolute atomic E-state index is 2.35. The van der Waals surface area contributed by atoms with E-state index >= 15 is 0 Å². The van der Waals surface area contributed by atoms with E-state index in [9.17, 15) is 0 Å². The average Bonchev–Trinajstić information content (AvgIpc) is 0.799. The zero-order valence-electron chi connectivity index (χ0n) is 72.9. The Balaban J connectivity index is 0.000000264. The van der Waals surface area contributed by atoms with E-state index in [2.05, 4.69) is 386 Å². The molecule has 11 aromatic carbocycles. The van der Waals surface area contributed by atoms with Crippen LogP contribution in [0.4, 0.5) is 0 Å². The summed E-state index contributed by atoms with van der Waals surface area (Å²) in [6.07, 6.45) is 18.1. The van der Waals surface area contributed by atoms with E-state index in [1.807, 2.05) is 0 Å². The molecule has 0 aromatic heterocycles. The third kappa shape index (κ3) is 28.5. The maximum Gasteiger partial charge on any atom is -0.0149 e. The zero-order valence-corrected chi connectivity index (χ0v) is 72.9. The van der Waals surface area contributed by atoms with Crippen molar-refractivity contribution in [3.63, 3.8) is 0 Å². The molecule has 0 aliphatic rings. The minimum absolute atomic E-state index is 1.09. The summed E-state index contributed by atoms with van der Waals surface area (Å²) in [5.41, 5.74) is 45.9. The van der Waals surface area contributed by atoms with Crippen molar-refractivity contribution in [3.8, 4) is 33.4 Å². The van der Waals surface area contributed by atoms with E-state index in [4.69, 9.17) is 0 Å². The van der Waals surface area contributed by atoms with Crippen LogP contribution in [0.5, 0.6) is 0 Å². The molecule has 108 heavy (non-hydrogen) atoms. The van der Waals surface area contributed by atoms with Gasteiger partial charge in [0.2, 0.25) is 0 Å². The van der Waals surface area contributed by atoms with Gasteiger partial charge in [0.05, 0.1) is 0 Å². The molecule has 0 heterocycles. The Bertz CT molecular complexity index is 4110. The first kappa shape index (κ1) is 91.8. The summed E-state index contributed by atoms with van der Waals surface area (Å²) in [5, 5.41) is 0.